The number of carboxylic acid groups (broad SMARTS) is 1. The standard InChI is InChI=1S/C23H21ClF3N3O7/c24-12-3-1-10(2-4-12)9-36-22(23(34)35)21-20(33)18(19(32)16(8-31)37-21)30-7-15(28-29-30)11-5-13(25)17(27)14(26)6-11/h1-7,16,18-22,31-33H,8-9H2,(H,34,35)/t16?,18?,19-,20?,21+,22-/m0/s1. The minimum Gasteiger partial charge on any atom is -0.479 e. The van der Waals surface area contributed by atoms with Gasteiger partial charge in [0.1, 0.15) is 36.2 Å². The predicted octanol–water partition coefficient (Wildman–Crippen LogP) is 1.71. The van der Waals surface area contributed by atoms with Gasteiger partial charge < -0.3 is 29.9 Å². The van der Waals surface area contributed by atoms with Crippen LogP contribution in [0.3, 0.4) is 0 Å². The van der Waals surface area contributed by atoms with Crippen molar-refractivity contribution >= 4 is 17.6 Å². The van der Waals surface area contributed by atoms with Crippen molar-refractivity contribution < 1.29 is 47.9 Å². The van der Waals surface area contributed by atoms with Gasteiger partial charge in [0, 0.05) is 10.6 Å². The van der Waals surface area contributed by atoms with Crippen molar-refractivity contribution in [1.82, 2.24) is 15.0 Å². The van der Waals surface area contributed by atoms with E-state index in [2.05, 4.69) is 10.3 Å². The number of aromatic nitrogens is 3. The quantitative estimate of drug-likeness (QED) is 0.312. The maximum absolute atomic E-state index is 13.7. The summed E-state index contributed by atoms with van der Waals surface area (Å²) in [5.41, 5.74) is 0.272. The van der Waals surface area contributed by atoms with Gasteiger partial charge in [0.2, 0.25) is 0 Å². The first-order valence-electron chi connectivity index (χ1n) is 10.9. The molecule has 3 unspecified atom stereocenters. The van der Waals surface area contributed by atoms with Crippen molar-refractivity contribution in [1.29, 1.82) is 0 Å². The van der Waals surface area contributed by atoms with E-state index in [4.69, 9.17) is 21.1 Å². The van der Waals surface area contributed by atoms with Gasteiger partial charge in [-0.1, -0.05) is 28.9 Å². The Bertz CT molecular complexity index is 1240. The Morgan fingerprint density at radius 1 is 1.14 bits per heavy atom. The van der Waals surface area contributed by atoms with Gasteiger partial charge in [-0.2, -0.15) is 0 Å². The maximum Gasteiger partial charge on any atom is 0.335 e. The molecule has 6 atom stereocenters. The highest BCUT2D eigenvalue weighted by Crippen LogP contribution is 2.33. The van der Waals surface area contributed by atoms with Crippen LogP contribution in [0.4, 0.5) is 13.2 Å². The highest BCUT2D eigenvalue weighted by molar-refractivity contribution is 6.30. The number of carboxylic acids is 1. The molecule has 10 nitrogen and oxygen atoms in total. The molecule has 198 valence electrons. The number of ether oxygens (including phenoxy) is 2. The minimum atomic E-state index is -1.75. The fourth-order valence-electron chi connectivity index (χ4n) is 4.02. The zero-order valence-electron chi connectivity index (χ0n) is 18.8. The summed E-state index contributed by atoms with van der Waals surface area (Å²) < 4.78 is 52.6. The Balaban J connectivity index is 1.61. The number of aliphatic hydroxyl groups excluding tert-OH is 3. The van der Waals surface area contributed by atoms with Crippen molar-refractivity contribution in [3.05, 3.63) is 70.6 Å². The van der Waals surface area contributed by atoms with Gasteiger partial charge in [-0.05, 0) is 29.8 Å². The van der Waals surface area contributed by atoms with Crippen LogP contribution in [0.25, 0.3) is 11.3 Å². The van der Waals surface area contributed by atoms with Crippen LogP contribution in [-0.4, -0.2) is 78.5 Å². The molecule has 1 aliphatic heterocycles. The predicted molar refractivity (Wildman–Crippen MR) is 120 cm³/mol. The van der Waals surface area contributed by atoms with Gasteiger partial charge >= 0.3 is 5.97 Å². The van der Waals surface area contributed by atoms with Crippen LogP contribution in [0.2, 0.25) is 5.02 Å². The van der Waals surface area contributed by atoms with E-state index in [1.165, 1.54) is 0 Å². The zero-order valence-corrected chi connectivity index (χ0v) is 19.5. The maximum atomic E-state index is 13.7. The molecule has 4 N–H and O–H groups in total. The first-order valence-corrected chi connectivity index (χ1v) is 11.3. The number of rotatable bonds is 8. The van der Waals surface area contributed by atoms with Crippen molar-refractivity contribution in [3.8, 4) is 11.3 Å². The van der Waals surface area contributed by atoms with E-state index in [0.717, 1.165) is 10.9 Å². The van der Waals surface area contributed by atoms with Crippen molar-refractivity contribution in [2.75, 3.05) is 6.61 Å². The van der Waals surface area contributed by atoms with Gasteiger partial charge in [0.25, 0.3) is 0 Å². The molecule has 0 saturated carbocycles. The monoisotopic (exact) mass is 543 g/mol. The summed E-state index contributed by atoms with van der Waals surface area (Å²) in [6.45, 7) is -0.937. The van der Waals surface area contributed by atoms with Crippen molar-refractivity contribution in [2.45, 2.75) is 43.2 Å². The van der Waals surface area contributed by atoms with E-state index in [1.54, 1.807) is 24.3 Å². The number of nitrogens with zero attached hydrogens (tertiary/aromatic N) is 3. The number of benzene rings is 2. The molecule has 4 rings (SSSR count). The van der Waals surface area contributed by atoms with E-state index < -0.39 is 66.6 Å². The average molecular weight is 544 g/mol. The molecule has 2 heterocycles. The van der Waals surface area contributed by atoms with Gasteiger partial charge in [-0.3, -0.25) is 0 Å². The van der Waals surface area contributed by atoms with Crippen molar-refractivity contribution in [2.24, 2.45) is 0 Å². The van der Waals surface area contributed by atoms with E-state index in [-0.39, 0.29) is 17.9 Å². The third-order valence-corrected chi connectivity index (χ3v) is 6.16. The van der Waals surface area contributed by atoms with Gasteiger partial charge in [-0.15, -0.1) is 5.10 Å². The summed E-state index contributed by atoms with van der Waals surface area (Å²) in [6.07, 6.45) is -6.90. The van der Waals surface area contributed by atoms with E-state index >= 15 is 0 Å². The fraction of sp³-hybridized carbons (Fsp3) is 0.348. The molecule has 14 heteroatoms. The molecule has 0 amide bonds. The molecule has 2 aromatic carbocycles. The number of aliphatic hydroxyl groups is 3. The lowest BCUT2D eigenvalue weighted by molar-refractivity contribution is -0.238. The number of aliphatic carboxylic acids is 1. The minimum absolute atomic E-state index is 0.130. The van der Waals surface area contributed by atoms with Gasteiger partial charge in [0.05, 0.1) is 19.4 Å². The first-order chi connectivity index (χ1) is 17.6. The van der Waals surface area contributed by atoms with Gasteiger partial charge in [0.15, 0.2) is 23.6 Å². The summed E-state index contributed by atoms with van der Waals surface area (Å²) in [6, 6.07) is 6.35. The Hall–Kier alpha value is -3.07. The number of halogens is 4. The number of hydrogen-bond acceptors (Lipinski definition) is 8. The normalized spacial score (nSPS) is 24.7. The molecule has 1 aliphatic rings. The van der Waals surface area contributed by atoms with E-state index in [0.29, 0.717) is 22.7 Å². The average Bonchev–Trinajstić information content (AvgIpc) is 3.34. The second-order valence-electron chi connectivity index (χ2n) is 8.33. The summed E-state index contributed by atoms with van der Waals surface area (Å²) in [5, 5.41) is 49.3. The molecular formula is C23H21ClF3N3O7. The molecule has 0 aliphatic carbocycles. The molecule has 1 aromatic heterocycles. The number of carbonyl (C=O) groups is 1. The molecule has 3 aromatic rings. The van der Waals surface area contributed by atoms with Crippen LogP contribution in [0.15, 0.2) is 42.6 Å². The molecule has 0 bridgehead atoms. The lowest BCUT2D eigenvalue weighted by atomic mass is 9.90. The Morgan fingerprint density at radius 2 is 1.78 bits per heavy atom. The SMILES string of the molecule is O=C(O)[C@@H](OCc1ccc(Cl)cc1)[C@@H]1OC(CO)[C@H](O)C(n2cc(-c3cc(F)c(F)c(F)c3)nn2)C1O. The third-order valence-electron chi connectivity index (χ3n) is 5.91. The second kappa shape index (κ2) is 11.1. The second-order valence-corrected chi connectivity index (χ2v) is 8.76. The molecule has 0 spiro atoms. The molecule has 1 fully saturated rings. The van der Waals surface area contributed by atoms with Crippen LogP contribution in [0, 0.1) is 17.5 Å². The highest BCUT2D eigenvalue weighted by Gasteiger charge is 2.50. The van der Waals surface area contributed by atoms with Crippen LogP contribution >= 0.6 is 11.6 Å². The van der Waals surface area contributed by atoms with Crippen LogP contribution in [-0.2, 0) is 20.9 Å². The zero-order chi connectivity index (χ0) is 26.9. The topological polar surface area (TPSA) is 147 Å². The van der Waals surface area contributed by atoms with Crippen LogP contribution in [0.1, 0.15) is 11.6 Å². The Kier molecular flexibility index (Phi) is 8.11. The van der Waals surface area contributed by atoms with Crippen LogP contribution < -0.4 is 0 Å². The molecule has 0 radical (unpaired) electrons. The Labute approximate surface area is 212 Å². The largest absolute Gasteiger partial charge is 0.479 e. The summed E-state index contributed by atoms with van der Waals surface area (Å²) in [7, 11) is 0. The summed E-state index contributed by atoms with van der Waals surface area (Å²) >= 11 is 5.85. The lowest BCUT2D eigenvalue weighted by Gasteiger charge is -2.43. The van der Waals surface area contributed by atoms with Gasteiger partial charge in [-0.25, -0.2) is 22.6 Å². The summed E-state index contributed by atoms with van der Waals surface area (Å²) in [4.78, 5) is 12.0. The summed E-state index contributed by atoms with van der Waals surface area (Å²) in [5.74, 6) is -6.07. The van der Waals surface area contributed by atoms with E-state index in [1.807, 2.05) is 0 Å². The smallest absolute Gasteiger partial charge is 0.335 e. The molecule has 1 saturated heterocycles. The highest BCUT2D eigenvalue weighted by atomic mass is 35.5. The fourth-order valence-corrected chi connectivity index (χ4v) is 4.15. The number of hydrogen-bond donors (Lipinski definition) is 4. The van der Waals surface area contributed by atoms with Crippen LogP contribution in [0.5, 0.6) is 0 Å². The molecule has 37 heavy (non-hydrogen) atoms. The van der Waals surface area contributed by atoms with Crippen molar-refractivity contribution in [3.63, 3.8) is 0 Å². The molecular weight excluding hydrogens is 523 g/mol. The lowest BCUT2D eigenvalue weighted by Crippen LogP contribution is -2.60. The third kappa shape index (κ3) is 5.61. The first kappa shape index (κ1) is 27.0. The van der Waals surface area contributed by atoms with E-state index in [9.17, 15) is 38.4 Å². The Morgan fingerprint density at radius 3 is 2.38 bits per heavy atom.